The second kappa shape index (κ2) is 5.69. The smallest absolute Gasteiger partial charge is 0.220 e. The molecular formula is C14H12N2O2. The van der Waals surface area contributed by atoms with Crippen molar-refractivity contribution in [1.82, 2.24) is 4.98 Å². The molecule has 18 heavy (non-hydrogen) atoms. The molecule has 1 aromatic heterocycles. The number of hydrogen-bond donors (Lipinski definition) is 0. The quantitative estimate of drug-likeness (QED) is 0.823. The average molecular weight is 240 g/mol. The van der Waals surface area contributed by atoms with Crippen LogP contribution in [0.1, 0.15) is 12.6 Å². The van der Waals surface area contributed by atoms with Crippen molar-refractivity contribution in [3.63, 3.8) is 0 Å². The lowest BCUT2D eigenvalue weighted by atomic mass is 10.3. The topological polar surface area (TPSA) is 55.1 Å². The van der Waals surface area contributed by atoms with Crippen LogP contribution >= 0.6 is 0 Å². The Balaban J connectivity index is 2.25. The minimum atomic E-state index is 0.321. The van der Waals surface area contributed by atoms with E-state index in [4.69, 9.17) is 14.7 Å². The maximum atomic E-state index is 8.77. The van der Waals surface area contributed by atoms with Gasteiger partial charge >= 0.3 is 0 Å². The molecule has 2 rings (SSSR count). The molecule has 0 N–H and O–H groups in total. The van der Waals surface area contributed by atoms with E-state index in [0.29, 0.717) is 29.7 Å². The van der Waals surface area contributed by atoms with E-state index in [1.807, 2.05) is 31.2 Å². The van der Waals surface area contributed by atoms with E-state index in [1.165, 1.54) is 0 Å². The van der Waals surface area contributed by atoms with Gasteiger partial charge in [-0.15, -0.1) is 0 Å². The molecule has 0 radical (unpaired) electrons. The molecule has 0 saturated carbocycles. The standard InChI is InChI=1S/C14H12N2O2/c1-2-17-12-7-3-4-8-13(12)18-14-9-5-6-11(10-15)16-14/h3-9H,2H2,1H3. The summed E-state index contributed by atoms with van der Waals surface area (Å²) in [5.74, 6) is 1.62. The lowest BCUT2D eigenvalue weighted by Gasteiger charge is -2.10. The first kappa shape index (κ1) is 11.9. The summed E-state index contributed by atoms with van der Waals surface area (Å²) >= 11 is 0. The lowest BCUT2D eigenvalue weighted by molar-refractivity contribution is 0.319. The first-order chi connectivity index (χ1) is 8.83. The highest BCUT2D eigenvalue weighted by atomic mass is 16.5. The van der Waals surface area contributed by atoms with Gasteiger partial charge in [-0.1, -0.05) is 18.2 Å². The van der Waals surface area contributed by atoms with E-state index >= 15 is 0 Å². The SMILES string of the molecule is CCOc1ccccc1Oc1cccc(C#N)n1. The molecule has 0 spiro atoms. The Morgan fingerprint density at radius 1 is 1.11 bits per heavy atom. The Morgan fingerprint density at radius 3 is 2.61 bits per heavy atom. The molecule has 0 saturated heterocycles. The third kappa shape index (κ3) is 2.77. The number of para-hydroxylation sites is 2. The van der Waals surface area contributed by atoms with Crippen molar-refractivity contribution >= 4 is 0 Å². The molecule has 4 heteroatoms. The van der Waals surface area contributed by atoms with E-state index in [-0.39, 0.29) is 0 Å². The van der Waals surface area contributed by atoms with Crippen LogP contribution < -0.4 is 9.47 Å². The highest BCUT2D eigenvalue weighted by Crippen LogP contribution is 2.30. The number of rotatable bonds is 4. The number of pyridine rings is 1. The fraction of sp³-hybridized carbons (Fsp3) is 0.143. The summed E-state index contributed by atoms with van der Waals surface area (Å²) in [6.07, 6.45) is 0. The summed E-state index contributed by atoms with van der Waals surface area (Å²) in [4.78, 5) is 4.05. The molecule has 1 heterocycles. The third-order valence-electron chi connectivity index (χ3n) is 2.20. The molecule has 0 aliphatic carbocycles. The lowest BCUT2D eigenvalue weighted by Crippen LogP contribution is -1.96. The van der Waals surface area contributed by atoms with Crippen molar-refractivity contribution in [3.8, 4) is 23.4 Å². The van der Waals surface area contributed by atoms with Gasteiger partial charge in [0.15, 0.2) is 11.5 Å². The summed E-state index contributed by atoms with van der Waals surface area (Å²) in [5, 5.41) is 8.77. The summed E-state index contributed by atoms with van der Waals surface area (Å²) in [6.45, 7) is 2.47. The number of benzene rings is 1. The summed E-state index contributed by atoms with van der Waals surface area (Å²) in [6, 6.07) is 14.4. The molecule has 4 nitrogen and oxygen atoms in total. The maximum absolute atomic E-state index is 8.77. The molecule has 0 aliphatic heterocycles. The van der Waals surface area contributed by atoms with Crippen molar-refractivity contribution in [2.45, 2.75) is 6.92 Å². The van der Waals surface area contributed by atoms with Crippen LogP contribution in [0.5, 0.6) is 17.4 Å². The number of aromatic nitrogens is 1. The molecule has 90 valence electrons. The predicted molar refractivity (Wildman–Crippen MR) is 66.6 cm³/mol. The van der Waals surface area contributed by atoms with Crippen LogP contribution in [0.25, 0.3) is 0 Å². The van der Waals surface area contributed by atoms with Crippen molar-refractivity contribution in [3.05, 3.63) is 48.2 Å². The van der Waals surface area contributed by atoms with Gasteiger partial charge in [0, 0.05) is 6.07 Å². The molecule has 0 amide bonds. The zero-order valence-corrected chi connectivity index (χ0v) is 9.96. The van der Waals surface area contributed by atoms with Crippen LogP contribution in [0.4, 0.5) is 0 Å². The molecule has 2 aromatic rings. The monoisotopic (exact) mass is 240 g/mol. The normalized spacial score (nSPS) is 9.56. The van der Waals surface area contributed by atoms with Gasteiger partial charge in [0.2, 0.25) is 5.88 Å². The highest BCUT2D eigenvalue weighted by Gasteiger charge is 2.06. The number of nitrogens with zero attached hydrogens (tertiary/aromatic N) is 2. The van der Waals surface area contributed by atoms with Gasteiger partial charge in [-0.25, -0.2) is 4.98 Å². The van der Waals surface area contributed by atoms with Gasteiger partial charge in [-0.2, -0.15) is 5.26 Å². The summed E-state index contributed by atoms with van der Waals surface area (Å²) in [7, 11) is 0. The van der Waals surface area contributed by atoms with E-state index in [0.717, 1.165) is 0 Å². The van der Waals surface area contributed by atoms with Gasteiger partial charge in [-0.3, -0.25) is 0 Å². The van der Waals surface area contributed by atoms with E-state index in [9.17, 15) is 0 Å². The van der Waals surface area contributed by atoms with Crippen LogP contribution in [-0.4, -0.2) is 11.6 Å². The average Bonchev–Trinajstić information content (AvgIpc) is 2.41. The molecular weight excluding hydrogens is 228 g/mol. The van der Waals surface area contributed by atoms with Crippen LogP contribution in [0.3, 0.4) is 0 Å². The van der Waals surface area contributed by atoms with Crippen LogP contribution in [0, 0.1) is 11.3 Å². The van der Waals surface area contributed by atoms with Crippen LogP contribution in [0.15, 0.2) is 42.5 Å². The molecule has 1 aromatic carbocycles. The Labute approximate surface area is 105 Å². The molecule has 0 aliphatic rings. The van der Waals surface area contributed by atoms with Crippen LogP contribution in [0.2, 0.25) is 0 Å². The Bertz CT molecular complexity index is 576. The second-order valence-electron chi connectivity index (χ2n) is 3.45. The maximum Gasteiger partial charge on any atom is 0.220 e. The summed E-state index contributed by atoms with van der Waals surface area (Å²) in [5.41, 5.74) is 0.321. The summed E-state index contributed by atoms with van der Waals surface area (Å²) < 4.78 is 11.1. The van der Waals surface area contributed by atoms with Gasteiger partial charge in [-0.05, 0) is 25.1 Å². The number of nitriles is 1. The van der Waals surface area contributed by atoms with Crippen molar-refractivity contribution in [1.29, 1.82) is 5.26 Å². The second-order valence-corrected chi connectivity index (χ2v) is 3.45. The van der Waals surface area contributed by atoms with Crippen molar-refractivity contribution in [2.24, 2.45) is 0 Å². The van der Waals surface area contributed by atoms with Gasteiger partial charge < -0.3 is 9.47 Å². The molecule has 0 unspecified atom stereocenters. The zero-order valence-electron chi connectivity index (χ0n) is 9.96. The molecule has 0 bridgehead atoms. The highest BCUT2D eigenvalue weighted by molar-refractivity contribution is 5.42. The third-order valence-corrected chi connectivity index (χ3v) is 2.20. The van der Waals surface area contributed by atoms with Crippen LogP contribution in [-0.2, 0) is 0 Å². The van der Waals surface area contributed by atoms with E-state index in [2.05, 4.69) is 4.98 Å². The Kier molecular flexibility index (Phi) is 3.77. The minimum Gasteiger partial charge on any atom is -0.490 e. The largest absolute Gasteiger partial charge is 0.490 e. The van der Waals surface area contributed by atoms with Crippen molar-refractivity contribution in [2.75, 3.05) is 6.61 Å². The Hall–Kier alpha value is -2.54. The minimum absolute atomic E-state index is 0.321. The first-order valence-corrected chi connectivity index (χ1v) is 5.60. The molecule has 0 atom stereocenters. The van der Waals surface area contributed by atoms with Gasteiger partial charge in [0.1, 0.15) is 11.8 Å². The van der Waals surface area contributed by atoms with Gasteiger partial charge in [0.25, 0.3) is 0 Å². The van der Waals surface area contributed by atoms with Crippen molar-refractivity contribution < 1.29 is 9.47 Å². The molecule has 0 fully saturated rings. The van der Waals surface area contributed by atoms with Gasteiger partial charge in [0.05, 0.1) is 6.61 Å². The number of ether oxygens (including phenoxy) is 2. The fourth-order valence-electron chi connectivity index (χ4n) is 1.46. The Morgan fingerprint density at radius 2 is 1.89 bits per heavy atom. The van der Waals surface area contributed by atoms with E-state index in [1.54, 1.807) is 24.3 Å². The number of hydrogen-bond acceptors (Lipinski definition) is 4. The zero-order chi connectivity index (χ0) is 12.8. The predicted octanol–water partition coefficient (Wildman–Crippen LogP) is 3.14. The van der Waals surface area contributed by atoms with E-state index < -0.39 is 0 Å². The first-order valence-electron chi connectivity index (χ1n) is 5.60. The fourth-order valence-corrected chi connectivity index (χ4v) is 1.46.